The number of rotatable bonds is 7. The highest BCUT2D eigenvalue weighted by Gasteiger charge is 2.19. The van der Waals surface area contributed by atoms with Crippen molar-refractivity contribution in [2.45, 2.75) is 25.7 Å². The third-order valence-corrected chi connectivity index (χ3v) is 3.22. The van der Waals surface area contributed by atoms with Gasteiger partial charge in [-0.2, -0.15) is 0 Å². The fourth-order valence-electron chi connectivity index (χ4n) is 1.98. The number of aryl methyl sites for hydroxylation is 1. The minimum absolute atomic E-state index is 0.191. The van der Waals surface area contributed by atoms with Gasteiger partial charge in [0.15, 0.2) is 6.29 Å². The first-order valence-corrected chi connectivity index (χ1v) is 6.17. The quantitative estimate of drug-likeness (QED) is 0.751. The molecule has 0 saturated heterocycles. The molecule has 0 amide bonds. The maximum absolute atomic E-state index is 5.85. The lowest BCUT2D eigenvalue weighted by Crippen LogP contribution is -2.41. The monoisotopic (exact) mass is 252 g/mol. The number of hydrogen-bond acceptors (Lipinski definition) is 4. The van der Waals surface area contributed by atoms with E-state index in [-0.39, 0.29) is 12.3 Å². The molecule has 0 aromatic heterocycles. The molecule has 0 radical (unpaired) electrons. The molecular formula is C14H24N2O2. The lowest BCUT2D eigenvalue weighted by atomic mass is 10.1. The lowest BCUT2D eigenvalue weighted by Gasteiger charge is -2.31. The van der Waals surface area contributed by atoms with Crippen molar-refractivity contribution >= 4 is 5.69 Å². The van der Waals surface area contributed by atoms with Gasteiger partial charge in [-0.1, -0.05) is 12.1 Å². The molecule has 102 valence electrons. The Morgan fingerprint density at radius 2 is 1.94 bits per heavy atom. The van der Waals surface area contributed by atoms with Crippen molar-refractivity contribution < 1.29 is 9.47 Å². The highest BCUT2D eigenvalue weighted by molar-refractivity contribution is 5.48. The van der Waals surface area contributed by atoms with Crippen LogP contribution in [0.4, 0.5) is 5.69 Å². The Morgan fingerprint density at radius 1 is 1.28 bits per heavy atom. The van der Waals surface area contributed by atoms with Crippen molar-refractivity contribution in [2.75, 3.05) is 32.7 Å². The number of anilines is 1. The largest absolute Gasteiger partial charge is 0.370 e. The molecule has 18 heavy (non-hydrogen) atoms. The Kier molecular flexibility index (Phi) is 6.12. The van der Waals surface area contributed by atoms with Crippen molar-refractivity contribution in [3.63, 3.8) is 0 Å². The summed E-state index contributed by atoms with van der Waals surface area (Å²) in [7, 11) is 5.34. The van der Waals surface area contributed by atoms with Crippen LogP contribution in [0.5, 0.6) is 0 Å². The number of benzene rings is 1. The number of nitrogens with zero attached hydrogens (tertiary/aromatic N) is 1. The maximum atomic E-state index is 5.85. The first kappa shape index (κ1) is 15.0. The van der Waals surface area contributed by atoms with Gasteiger partial charge in [-0.05, 0) is 24.6 Å². The Balaban J connectivity index is 2.75. The molecule has 0 fully saturated rings. The van der Waals surface area contributed by atoms with Gasteiger partial charge in [0.2, 0.25) is 0 Å². The van der Waals surface area contributed by atoms with Gasteiger partial charge >= 0.3 is 0 Å². The molecule has 0 aliphatic carbocycles. The molecule has 1 unspecified atom stereocenters. The average molecular weight is 252 g/mol. The highest BCUT2D eigenvalue weighted by Crippen LogP contribution is 2.19. The SMILES string of the molecule is COC(CC(CN)N(C)c1cccc(C)c1)OC. The Bertz CT molecular complexity index is 353. The fraction of sp³-hybridized carbons (Fsp3) is 0.571. The molecule has 1 rings (SSSR count). The first-order valence-electron chi connectivity index (χ1n) is 6.17. The highest BCUT2D eigenvalue weighted by atomic mass is 16.7. The van der Waals surface area contributed by atoms with E-state index in [0.717, 1.165) is 12.1 Å². The van der Waals surface area contributed by atoms with E-state index in [1.54, 1.807) is 14.2 Å². The zero-order valence-electron chi connectivity index (χ0n) is 11.7. The third-order valence-electron chi connectivity index (χ3n) is 3.22. The lowest BCUT2D eigenvalue weighted by molar-refractivity contribution is -0.108. The molecule has 0 spiro atoms. The molecule has 0 heterocycles. The van der Waals surface area contributed by atoms with E-state index in [9.17, 15) is 0 Å². The molecule has 0 aliphatic rings. The number of methoxy groups -OCH3 is 2. The van der Waals surface area contributed by atoms with Crippen molar-refractivity contribution in [1.82, 2.24) is 0 Å². The molecule has 2 N–H and O–H groups in total. The Hall–Kier alpha value is -1.10. The molecule has 1 aromatic carbocycles. The minimum atomic E-state index is -0.217. The summed E-state index contributed by atoms with van der Waals surface area (Å²) >= 11 is 0. The van der Waals surface area contributed by atoms with Gasteiger partial charge in [0, 0.05) is 46.0 Å². The number of nitrogens with two attached hydrogens (primary N) is 1. The van der Waals surface area contributed by atoms with Gasteiger partial charge in [0.05, 0.1) is 0 Å². The van der Waals surface area contributed by atoms with Crippen LogP contribution in [0.15, 0.2) is 24.3 Å². The van der Waals surface area contributed by atoms with E-state index in [1.165, 1.54) is 5.56 Å². The van der Waals surface area contributed by atoms with Crippen LogP contribution in [-0.2, 0) is 9.47 Å². The molecule has 0 aliphatic heterocycles. The van der Waals surface area contributed by atoms with E-state index in [4.69, 9.17) is 15.2 Å². The summed E-state index contributed by atoms with van der Waals surface area (Å²) in [6.45, 7) is 2.65. The van der Waals surface area contributed by atoms with E-state index in [2.05, 4.69) is 43.1 Å². The minimum Gasteiger partial charge on any atom is -0.370 e. The number of ether oxygens (including phenoxy) is 2. The molecule has 0 saturated carbocycles. The second-order valence-electron chi connectivity index (χ2n) is 4.48. The number of likely N-dealkylation sites (N-methyl/N-ethyl adjacent to an activating group) is 1. The summed E-state index contributed by atoms with van der Waals surface area (Å²) in [5.41, 5.74) is 8.26. The Labute approximate surface area is 110 Å². The van der Waals surface area contributed by atoms with Crippen LogP contribution in [0.2, 0.25) is 0 Å². The summed E-state index contributed by atoms with van der Waals surface area (Å²) in [5.74, 6) is 0. The van der Waals surface area contributed by atoms with Gasteiger partial charge < -0.3 is 20.1 Å². The van der Waals surface area contributed by atoms with E-state index in [0.29, 0.717) is 6.54 Å². The van der Waals surface area contributed by atoms with Gasteiger partial charge in [-0.3, -0.25) is 0 Å². The van der Waals surface area contributed by atoms with Crippen molar-refractivity contribution in [3.8, 4) is 0 Å². The predicted molar refractivity (Wildman–Crippen MR) is 74.8 cm³/mol. The van der Waals surface area contributed by atoms with Crippen LogP contribution in [0, 0.1) is 6.92 Å². The molecule has 4 nitrogen and oxygen atoms in total. The Morgan fingerprint density at radius 3 is 2.44 bits per heavy atom. The summed E-state index contributed by atoms with van der Waals surface area (Å²) < 4.78 is 10.5. The predicted octanol–water partition coefficient (Wildman–Crippen LogP) is 1.77. The van der Waals surface area contributed by atoms with E-state index in [1.807, 2.05) is 0 Å². The van der Waals surface area contributed by atoms with Gasteiger partial charge in [0.25, 0.3) is 0 Å². The maximum Gasteiger partial charge on any atom is 0.158 e. The summed E-state index contributed by atoms with van der Waals surface area (Å²) in [6, 6.07) is 8.57. The second kappa shape index (κ2) is 7.36. The summed E-state index contributed by atoms with van der Waals surface area (Å²) in [4.78, 5) is 2.18. The van der Waals surface area contributed by atoms with Gasteiger partial charge in [-0.15, -0.1) is 0 Å². The average Bonchev–Trinajstić information content (AvgIpc) is 2.39. The van der Waals surface area contributed by atoms with E-state index >= 15 is 0 Å². The molecule has 0 bridgehead atoms. The molecular weight excluding hydrogens is 228 g/mol. The zero-order valence-corrected chi connectivity index (χ0v) is 11.7. The second-order valence-corrected chi connectivity index (χ2v) is 4.48. The summed E-state index contributed by atoms with van der Waals surface area (Å²) in [5, 5.41) is 0. The van der Waals surface area contributed by atoms with Crippen LogP contribution < -0.4 is 10.6 Å². The standard InChI is InChI=1S/C14H24N2O2/c1-11-6-5-7-12(8-11)16(2)13(10-15)9-14(17-3)18-4/h5-8,13-14H,9-10,15H2,1-4H3. The number of hydrogen-bond donors (Lipinski definition) is 1. The van der Waals surface area contributed by atoms with Crippen molar-refractivity contribution in [2.24, 2.45) is 5.73 Å². The van der Waals surface area contributed by atoms with Crippen LogP contribution >= 0.6 is 0 Å². The van der Waals surface area contributed by atoms with Crippen molar-refractivity contribution in [1.29, 1.82) is 0 Å². The van der Waals surface area contributed by atoms with Crippen LogP contribution in [-0.4, -0.2) is 40.1 Å². The smallest absolute Gasteiger partial charge is 0.158 e. The molecule has 4 heteroatoms. The first-order chi connectivity index (χ1) is 8.62. The van der Waals surface area contributed by atoms with Crippen LogP contribution in [0.3, 0.4) is 0 Å². The van der Waals surface area contributed by atoms with Gasteiger partial charge in [0.1, 0.15) is 0 Å². The van der Waals surface area contributed by atoms with Crippen LogP contribution in [0.1, 0.15) is 12.0 Å². The molecule has 1 aromatic rings. The zero-order chi connectivity index (χ0) is 13.5. The normalized spacial score (nSPS) is 12.8. The van der Waals surface area contributed by atoms with E-state index < -0.39 is 0 Å². The van der Waals surface area contributed by atoms with Crippen molar-refractivity contribution in [3.05, 3.63) is 29.8 Å². The van der Waals surface area contributed by atoms with Gasteiger partial charge in [-0.25, -0.2) is 0 Å². The van der Waals surface area contributed by atoms with Crippen LogP contribution in [0.25, 0.3) is 0 Å². The topological polar surface area (TPSA) is 47.7 Å². The fourth-order valence-corrected chi connectivity index (χ4v) is 1.98. The molecule has 1 atom stereocenters. The third kappa shape index (κ3) is 3.98. The summed E-state index contributed by atoms with van der Waals surface area (Å²) in [6.07, 6.45) is 0.527.